The molecule has 1 aliphatic rings. The van der Waals surface area contributed by atoms with Crippen LogP contribution >= 0.6 is 35.3 Å². The first-order valence-electron chi connectivity index (χ1n) is 7.02. The quantitative estimate of drug-likeness (QED) is 0.321. The molecule has 0 amide bonds. The molecule has 3 N–H and O–H groups in total. The van der Waals surface area contributed by atoms with Crippen molar-refractivity contribution in [2.75, 3.05) is 31.1 Å². The summed E-state index contributed by atoms with van der Waals surface area (Å²) in [6.45, 7) is 9.35. The average Bonchev–Trinajstić information content (AvgIpc) is 3.06. The summed E-state index contributed by atoms with van der Waals surface area (Å²) in [5.74, 6) is 0.475. The monoisotopic (exact) mass is 421 g/mol. The molecule has 0 unspecified atom stereocenters. The Balaban J connectivity index is 0.00000220. The largest absolute Gasteiger partial charge is 0.370 e. The van der Waals surface area contributed by atoms with Crippen molar-refractivity contribution in [3.63, 3.8) is 0 Å². The summed E-state index contributed by atoms with van der Waals surface area (Å²) in [4.78, 5) is 11.2. The van der Waals surface area contributed by atoms with E-state index in [-0.39, 0.29) is 24.0 Å². The molecule has 118 valence electrons. The van der Waals surface area contributed by atoms with Gasteiger partial charge in [0, 0.05) is 31.4 Å². The van der Waals surface area contributed by atoms with E-state index in [1.807, 2.05) is 6.92 Å². The molecule has 1 aromatic rings. The highest BCUT2D eigenvalue weighted by Gasteiger charge is 2.15. The lowest BCUT2D eigenvalue weighted by molar-refractivity contribution is 0.832. The van der Waals surface area contributed by atoms with Crippen LogP contribution in [-0.4, -0.2) is 37.1 Å². The summed E-state index contributed by atoms with van der Waals surface area (Å²) < 4.78 is 0. The predicted octanol–water partition coefficient (Wildman–Crippen LogP) is 2.38. The van der Waals surface area contributed by atoms with Crippen molar-refractivity contribution < 1.29 is 0 Å². The third-order valence-electron chi connectivity index (χ3n) is 3.12. The summed E-state index contributed by atoms with van der Waals surface area (Å²) in [6, 6.07) is 0. The number of aliphatic imine (C=N–C) groups is 1. The SMILES string of the molecule is C=C(C)CN=C(N)NCCc1csc(N2CCCC2)n1.I. The fraction of sp³-hybridized carbons (Fsp3) is 0.571. The van der Waals surface area contributed by atoms with E-state index in [9.17, 15) is 0 Å². The summed E-state index contributed by atoms with van der Waals surface area (Å²) in [7, 11) is 0. The van der Waals surface area contributed by atoms with Gasteiger partial charge in [0.1, 0.15) is 0 Å². The number of nitrogens with one attached hydrogen (secondary N) is 1. The number of hydrogen-bond acceptors (Lipinski definition) is 4. The van der Waals surface area contributed by atoms with Gasteiger partial charge in [-0.2, -0.15) is 0 Å². The Morgan fingerprint density at radius 1 is 1.52 bits per heavy atom. The minimum absolute atomic E-state index is 0. The van der Waals surface area contributed by atoms with Crippen molar-refractivity contribution in [2.24, 2.45) is 10.7 Å². The Morgan fingerprint density at radius 3 is 2.90 bits per heavy atom. The lowest BCUT2D eigenvalue weighted by atomic mass is 10.3. The molecule has 7 heteroatoms. The Hall–Kier alpha value is -0.830. The minimum atomic E-state index is 0. The number of aromatic nitrogens is 1. The molecule has 1 fully saturated rings. The second-order valence-corrected chi connectivity index (χ2v) is 5.99. The maximum atomic E-state index is 5.76. The number of nitrogens with two attached hydrogens (primary N) is 1. The predicted molar refractivity (Wildman–Crippen MR) is 102 cm³/mol. The van der Waals surface area contributed by atoms with Crippen LogP contribution in [0.1, 0.15) is 25.5 Å². The van der Waals surface area contributed by atoms with Crippen LogP contribution in [0.5, 0.6) is 0 Å². The smallest absolute Gasteiger partial charge is 0.188 e. The molecule has 21 heavy (non-hydrogen) atoms. The number of halogens is 1. The molecule has 0 radical (unpaired) electrons. The first kappa shape index (κ1) is 18.2. The van der Waals surface area contributed by atoms with Crippen LogP contribution in [0.2, 0.25) is 0 Å². The van der Waals surface area contributed by atoms with Gasteiger partial charge in [0.2, 0.25) is 0 Å². The average molecular weight is 421 g/mol. The van der Waals surface area contributed by atoms with Crippen LogP contribution in [0.15, 0.2) is 22.5 Å². The van der Waals surface area contributed by atoms with Gasteiger partial charge in [-0.25, -0.2) is 9.98 Å². The van der Waals surface area contributed by atoms with E-state index in [4.69, 9.17) is 5.73 Å². The third-order valence-corrected chi connectivity index (χ3v) is 4.07. The highest BCUT2D eigenvalue weighted by molar-refractivity contribution is 14.0. The second-order valence-electron chi connectivity index (χ2n) is 5.15. The lowest BCUT2D eigenvalue weighted by Gasteiger charge is -2.12. The Kier molecular flexibility index (Phi) is 8.02. The summed E-state index contributed by atoms with van der Waals surface area (Å²) in [6.07, 6.45) is 3.44. The summed E-state index contributed by atoms with van der Waals surface area (Å²) >= 11 is 1.73. The van der Waals surface area contributed by atoms with E-state index in [0.717, 1.165) is 42.5 Å². The Morgan fingerprint density at radius 2 is 2.24 bits per heavy atom. The number of guanidine groups is 1. The number of nitrogens with zero attached hydrogens (tertiary/aromatic N) is 3. The minimum Gasteiger partial charge on any atom is -0.370 e. The van der Waals surface area contributed by atoms with Crippen molar-refractivity contribution in [3.05, 3.63) is 23.2 Å². The molecule has 2 rings (SSSR count). The first-order valence-corrected chi connectivity index (χ1v) is 7.90. The standard InChI is InChI=1S/C14H23N5S.HI/c1-11(2)9-17-13(15)16-6-5-12-10-20-14(18-12)19-7-3-4-8-19;/h10H,1,3-9H2,2H3,(H3,15,16,17);1H. The maximum Gasteiger partial charge on any atom is 0.188 e. The summed E-state index contributed by atoms with van der Waals surface area (Å²) in [5, 5.41) is 6.39. The maximum absolute atomic E-state index is 5.76. The zero-order valence-electron chi connectivity index (χ0n) is 12.5. The van der Waals surface area contributed by atoms with Gasteiger partial charge >= 0.3 is 0 Å². The molecule has 0 aliphatic carbocycles. The molecule has 0 saturated carbocycles. The first-order chi connectivity index (χ1) is 9.65. The number of rotatable bonds is 6. The van der Waals surface area contributed by atoms with E-state index in [1.54, 1.807) is 11.3 Å². The number of thiazole rings is 1. The van der Waals surface area contributed by atoms with E-state index < -0.39 is 0 Å². The second kappa shape index (κ2) is 9.24. The lowest BCUT2D eigenvalue weighted by Crippen LogP contribution is -2.33. The van der Waals surface area contributed by atoms with Crippen LogP contribution < -0.4 is 16.0 Å². The fourth-order valence-electron chi connectivity index (χ4n) is 2.06. The van der Waals surface area contributed by atoms with Gasteiger partial charge in [-0.05, 0) is 19.8 Å². The normalized spacial score (nSPS) is 14.9. The molecular weight excluding hydrogens is 397 g/mol. The highest BCUT2D eigenvalue weighted by Crippen LogP contribution is 2.24. The number of anilines is 1. The van der Waals surface area contributed by atoms with Crippen molar-refractivity contribution in [1.82, 2.24) is 10.3 Å². The molecule has 1 aromatic heterocycles. The molecular formula is C14H24IN5S. The van der Waals surface area contributed by atoms with Gasteiger partial charge in [-0.15, -0.1) is 35.3 Å². The summed E-state index contributed by atoms with van der Waals surface area (Å²) in [5.41, 5.74) is 7.89. The molecule has 1 saturated heterocycles. The van der Waals surface area contributed by atoms with Crippen LogP contribution in [0.3, 0.4) is 0 Å². The zero-order chi connectivity index (χ0) is 14.4. The van der Waals surface area contributed by atoms with Gasteiger partial charge in [-0.3, -0.25) is 0 Å². The molecule has 0 aromatic carbocycles. The molecule has 0 bridgehead atoms. The van der Waals surface area contributed by atoms with Crippen LogP contribution in [0.25, 0.3) is 0 Å². The van der Waals surface area contributed by atoms with E-state index in [2.05, 4.69) is 32.2 Å². The van der Waals surface area contributed by atoms with E-state index in [1.165, 1.54) is 12.8 Å². The van der Waals surface area contributed by atoms with Crippen molar-refractivity contribution in [2.45, 2.75) is 26.2 Å². The van der Waals surface area contributed by atoms with E-state index in [0.29, 0.717) is 12.5 Å². The highest BCUT2D eigenvalue weighted by atomic mass is 127. The van der Waals surface area contributed by atoms with Crippen molar-refractivity contribution in [1.29, 1.82) is 0 Å². The Labute approximate surface area is 147 Å². The molecule has 1 aliphatic heterocycles. The van der Waals surface area contributed by atoms with Crippen LogP contribution in [0, 0.1) is 0 Å². The third kappa shape index (κ3) is 6.21. The van der Waals surface area contributed by atoms with Crippen molar-refractivity contribution in [3.8, 4) is 0 Å². The van der Waals surface area contributed by atoms with Gasteiger partial charge < -0.3 is 16.0 Å². The fourth-order valence-corrected chi connectivity index (χ4v) is 2.97. The van der Waals surface area contributed by atoms with Crippen molar-refractivity contribution >= 4 is 46.4 Å². The van der Waals surface area contributed by atoms with Gasteiger partial charge in [0.25, 0.3) is 0 Å². The van der Waals surface area contributed by atoms with Gasteiger partial charge in [0.15, 0.2) is 11.1 Å². The molecule has 2 heterocycles. The molecule has 0 spiro atoms. The molecule has 5 nitrogen and oxygen atoms in total. The Bertz CT molecular complexity index is 479. The van der Waals surface area contributed by atoms with Crippen LogP contribution in [0.4, 0.5) is 5.13 Å². The van der Waals surface area contributed by atoms with Gasteiger partial charge in [-0.1, -0.05) is 12.2 Å². The van der Waals surface area contributed by atoms with Gasteiger partial charge in [0.05, 0.1) is 12.2 Å². The number of hydrogen-bond donors (Lipinski definition) is 2. The zero-order valence-corrected chi connectivity index (χ0v) is 15.6. The molecule has 0 atom stereocenters. The van der Waals surface area contributed by atoms with E-state index >= 15 is 0 Å². The topological polar surface area (TPSA) is 66.5 Å². The van der Waals surface area contributed by atoms with Crippen LogP contribution in [-0.2, 0) is 6.42 Å².